The third-order valence-electron chi connectivity index (χ3n) is 4.21. The van der Waals surface area contributed by atoms with E-state index in [0.717, 1.165) is 18.4 Å². The third-order valence-corrected chi connectivity index (χ3v) is 4.21. The predicted molar refractivity (Wildman–Crippen MR) is 87.3 cm³/mol. The average Bonchev–Trinajstić information content (AvgIpc) is 2.54. The summed E-state index contributed by atoms with van der Waals surface area (Å²) < 4.78 is 1.37. The molecule has 0 amide bonds. The monoisotopic (exact) mass is 296 g/mol. The van der Waals surface area contributed by atoms with Crippen LogP contribution in [-0.4, -0.2) is 15.6 Å². The van der Waals surface area contributed by atoms with Crippen LogP contribution in [0.15, 0.2) is 29.1 Å². The first-order valence-electron chi connectivity index (χ1n) is 7.69. The van der Waals surface area contributed by atoms with Gasteiger partial charge in [-0.05, 0) is 55.9 Å². The predicted octanol–water partition coefficient (Wildman–Crippen LogP) is 2.09. The molecule has 5 nitrogen and oxygen atoms in total. The Morgan fingerprint density at radius 1 is 1.27 bits per heavy atom. The minimum absolute atomic E-state index is 0.213. The number of nitrogens with two attached hydrogens (primary N) is 1. The summed E-state index contributed by atoms with van der Waals surface area (Å²) in [7, 11) is 0. The molecule has 0 saturated carbocycles. The number of nitrogens with one attached hydrogen (secondary N) is 1. The van der Waals surface area contributed by atoms with E-state index in [9.17, 15) is 4.79 Å². The normalized spacial score (nSPS) is 13.7. The first-order valence-corrected chi connectivity index (χ1v) is 7.69. The molecule has 114 valence electrons. The van der Waals surface area contributed by atoms with Crippen molar-refractivity contribution in [2.24, 2.45) is 5.73 Å². The molecule has 0 bridgehead atoms. The molecule has 0 radical (unpaired) electrons. The number of nitrogens with zero attached hydrogens (tertiary/aromatic N) is 2. The number of hydrogen-bond donors (Lipinski definition) is 2. The van der Waals surface area contributed by atoms with Crippen molar-refractivity contribution < 1.29 is 0 Å². The van der Waals surface area contributed by atoms with Gasteiger partial charge in [-0.3, -0.25) is 10.2 Å². The van der Waals surface area contributed by atoms with Crippen LogP contribution >= 0.6 is 0 Å². The molecular weight excluding hydrogens is 276 g/mol. The Labute approximate surface area is 129 Å². The van der Waals surface area contributed by atoms with Gasteiger partial charge in [0.2, 0.25) is 0 Å². The van der Waals surface area contributed by atoms with Crippen LogP contribution in [0.5, 0.6) is 0 Å². The van der Waals surface area contributed by atoms with Gasteiger partial charge < -0.3 is 5.73 Å². The van der Waals surface area contributed by atoms with E-state index < -0.39 is 0 Å². The summed E-state index contributed by atoms with van der Waals surface area (Å²) in [5.74, 6) is -0.214. The zero-order valence-electron chi connectivity index (χ0n) is 12.7. The summed E-state index contributed by atoms with van der Waals surface area (Å²) in [4.78, 5) is 12.1. The molecule has 0 unspecified atom stereocenters. The second-order valence-electron chi connectivity index (χ2n) is 5.67. The van der Waals surface area contributed by atoms with E-state index in [1.165, 1.54) is 28.7 Å². The lowest BCUT2D eigenvalue weighted by atomic mass is 9.90. The Hall–Kier alpha value is -2.43. The van der Waals surface area contributed by atoms with Crippen LogP contribution in [0.3, 0.4) is 0 Å². The molecule has 0 saturated heterocycles. The van der Waals surface area contributed by atoms with E-state index in [0.29, 0.717) is 12.2 Å². The Balaban J connectivity index is 2.13. The number of benzene rings is 1. The van der Waals surface area contributed by atoms with Crippen LogP contribution in [0, 0.1) is 5.41 Å². The fraction of sp³-hybridized carbons (Fsp3) is 0.353. The van der Waals surface area contributed by atoms with Crippen LogP contribution in [0.2, 0.25) is 0 Å². The van der Waals surface area contributed by atoms with Gasteiger partial charge in [-0.2, -0.15) is 5.10 Å². The largest absolute Gasteiger partial charge is 0.384 e. The summed E-state index contributed by atoms with van der Waals surface area (Å²) in [6.07, 6.45) is 4.70. The number of rotatable bonds is 3. The fourth-order valence-corrected chi connectivity index (χ4v) is 2.98. The smallest absolute Gasteiger partial charge is 0.277 e. The third kappa shape index (κ3) is 2.54. The lowest BCUT2D eigenvalue weighted by Gasteiger charge is -2.17. The van der Waals surface area contributed by atoms with Crippen molar-refractivity contribution in [2.45, 2.75) is 39.2 Å². The Kier molecular flexibility index (Phi) is 3.79. The molecule has 1 aromatic heterocycles. The highest BCUT2D eigenvalue weighted by atomic mass is 16.1. The fourth-order valence-electron chi connectivity index (χ4n) is 2.98. The summed E-state index contributed by atoms with van der Waals surface area (Å²) in [6, 6.07) is 7.98. The molecule has 1 aromatic carbocycles. The summed E-state index contributed by atoms with van der Waals surface area (Å²) >= 11 is 0. The number of hydrogen-bond acceptors (Lipinski definition) is 3. The Morgan fingerprint density at radius 2 is 2.00 bits per heavy atom. The summed E-state index contributed by atoms with van der Waals surface area (Å²) in [6.45, 7) is 2.31. The van der Waals surface area contributed by atoms with E-state index in [4.69, 9.17) is 11.1 Å². The maximum Gasteiger partial charge on any atom is 0.277 e. The van der Waals surface area contributed by atoms with Gasteiger partial charge in [0, 0.05) is 12.1 Å². The van der Waals surface area contributed by atoms with E-state index in [1.54, 1.807) is 6.07 Å². The van der Waals surface area contributed by atoms with E-state index in [-0.39, 0.29) is 17.0 Å². The average molecular weight is 296 g/mol. The van der Waals surface area contributed by atoms with Crippen molar-refractivity contribution in [3.8, 4) is 11.3 Å². The van der Waals surface area contributed by atoms with Gasteiger partial charge in [0.1, 0.15) is 5.84 Å². The first kappa shape index (κ1) is 14.5. The highest BCUT2D eigenvalue weighted by molar-refractivity contribution is 5.95. The molecule has 1 heterocycles. The zero-order chi connectivity index (χ0) is 15.7. The van der Waals surface area contributed by atoms with Gasteiger partial charge in [0.15, 0.2) is 0 Å². The van der Waals surface area contributed by atoms with Crippen molar-refractivity contribution in [1.82, 2.24) is 9.78 Å². The topological polar surface area (TPSA) is 84.8 Å². The van der Waals surface area contributed by atoms with Crippen molar-refractivity contribution >= 4 is 5.84 Å². The van der Waals surface area contributed by atoms with E-state index in [2.05, 4.69) is 17.2 Å². The van der Waals surface area contributed by atoms with Crippen LogP contribution in [0.4, 0.5) is 0 Å². The highest BCUT2D eigenvalue weighted by Crippen LogP contribution is 2.26. The van der Waals surface area contributed by atoms with Gasteiger partial charge in [-0.1, -0.05) is 12.1 Å². The van der Waals surface area contributed by atoms with Crippen molar-refractivity contribution in [3.63, 3.8) is 0 Å². The zero-order valence-corrected chi connectivity index (χ0v) is 12.7. The molecule has 3 rings (SSSR count). The van der Waals surface area contributed by atoms with Crippen LogP contribution in [0.1, 0.15) is 36.5 Å². The molecule has 5 heteroatoms. The van der Waals surface area contributed by atoms with Crippen LogP contribution in [0.25, 0.3) is 11.3 Å². The minimum Gasteiger partial charge on any atom is -0.384 e. The van der Waals surface area contributed by atoms with E-state index >= 15 is 0 Å². The molecule has 0 aliphatic heterocycles. The van der Waals surface area contributed by atoms with Gasteiger partial charge in [0.25, 0.3) is 5.56 Å². The second-order valence-corrected chi connectivity index (χ2v) is 5.67. The van der Waals surface area contributed by atoms with E-state index in [1.807, 2.05) is 13.0 Å². The van der Waals surface area contributed by atoms with Crippen molar-refractivity contribution in [1.29, 1.82) is 5.41 Å². The van der Waals surface area contributed by atoms with Crippen molar-refractivity contribution in [3.05, 3.63) is 51.3 Å². The molecule has 3 N–H and O–H groups in total. The molecule has 1 aliphatic rings. The summed E-state index contributed by atoms with van der Waals surface area (Å²) in [5, 5.41) is 12.0. The number of aryl methyl sites for hydroxylation is 3. The quantitative estimate of drug-likeness (QED) is 0.672. The second kappa shape index (κ2) is 5.75. The molecule has 0 atom stereocenters. The van der Waals surface area contributed by atoms with Crippen LogP contribution < -0.4 is 11.3 Å². The number of fused-ring (bicyclic) bond motifs is 1. The molecule has 1 aliphatic carbocycles. The summed E-state index contributed by atoms with van der Waals surface area (Å²) in [5.41, 5.74) is 9.89. The molecule has 22 heavy (non-hydrogen) atoms. The number of amidine groups is 1. The molecule has 0 spiro atoms. The lowest BCUT2D eigenvalue weighted by Crippen LogP contribution is -2.31. The van der Waals surface area contributed by atoms with Gasteiger partial charge in [-0.25, -0.2) is 4.68 Å². The Morgan fingerprint density at radius 3 is 2.68 bits per heavy atom. The highest BCUT2D eigenvalue weighted by Gasteiger charge is 2.14. The standard InChI is InChI=1S/C17H20N4O/c1-2-21-17(22)14(16(18)19)10-15(20-21)13-8-7-11-5-3-4-6-12(11)9-13/h7-10H,2-6H2,1H3,(H3,18,19). The maximum atomic E-state index is 12.1. The lowest BCUT2D eigenvalue weighted by molar-refractivity contribution is 0.617. The minimum atomic E-state index is -0.309. The molecule has 0 fully saturated rings. The van der Waals surface area contributed by atoms with Gasteiger partial charge in [-0.15, -0.1) is 0 Å². The van der Waals surface area contributed by atoms with Crippen molar-refractivity contribution in [2.75, 3.05) is 0 Å². The Bertz CT molecular complexity index is 792. The first-order chi connectivity index (χ1) is 10.6. The van der Waals surface area contributed by atoms with Gasteiger partial charge >= 0.3 is 0 Å². The molecular formula is C17H20N4O. The number of aromatic nitrogens is 2. The number of nitrogen functional groups attached to an aromatic ring is 1. The van der Waals surface area contributed by atoms with Gasteiger partial charge in [0.05, 0.1) is 11.3 Å². The maximum absolute atomic E-state index is 12.1. The SMILES string of the molecule is CCn1nc(-c2ccc3c(c2)CCCC3)cc(C(=N)N)c1=O. The van der Waals surface area contributed by atoms with Crippen LogP contribution in [-0.2, 0) is 19.4 Å². The molecule has 2 aromatic rings.